The maximum absolute atomic E-state index is 4.12. The number of pyridine rings is 3. The molecule has 0 aliphatic rings. The number of fused-ring (bicyclic) bond motifs is 10. The largest absolute Gasteiger partial charge is 0.255 e. The van der Waals surface area contributed by atoms with Crippen LogP contribution in [0, 0.1) is 0 Å². The standard InChI is InChI=1S/2C8H6B2.2C8H6N2.2C8H6P2.C7H5N3.C7H5P3.C6H4N4.C6H4P4/c1-2-4-8-6-10-9-5-7(8)3-1;1-2-4-8-7(3-1)5-6-9-10-8;1-3-7-8(9-5-1)4-2-6-10-7;1-2-4-8-7(3-1)9-5-6-10-8;1-3-7-8(9-5-1)4-2-6-10-7;1-2-4-8-7(3-1)9-5-6-10-8;2*1-2-6-7(9-3-1)10-5-4-8-6;2*1-2-8-6-5(7-1)9-3-4-10-6/h6*1-6H;2*1-5H;2*1-4H. The van der Waals surface area contributed by atoms with Crippen molar-refractivity contribution in [1.82, 2.24) is 54.8 Å². The number of hydrogen-bond donors (Lipinski definition) is 0. The molecule has 0 unspecified atom stereocenters. The van der Waals surface area contributed by atoms with Crippen LogP contribution in [-0.4, -0.2) is 82.0 Å². The fourth-order valence-electron chi connectivity index (χ4n) is 8.93. The average molecular weight is 1480 g/mol. The molecular weight excluding hydrogens is 1430 g/mol. The van der Waals surface area contributed by atoms with Gasteiger partial charge in [-0.3, -0.25) is 24.9 Å². The van der Waals surface area contributed by atoms with Crippen LogP contribution in [0.25, 0.3) is 106 Å². The molecule has 0 radical (unpaired) electrons. The summed E-state index contributed by atoms with van der Waals surface area (Å²) >= 11 is 0. The Morgan fingerprint density at radius 2 is 0.530 bits per heavy atom. The van der Waals surface area contributed by atoms with Gasteiger partial charge >= 0.3 is 121 Å². The van der Waals surface area contributed by atoms with Gasteiger partial charge in [-0.1, -0.05) is 133 Å². The van der Waals surface area contributed by atoms with Gasteiger partial charge < -0.3 is 0 Å². The Hall–Kier alpha value is -8.26. The van der Waals surface area contributed by atoms with Gasteiger partial charge in [-0.2, -0.15) is 0 Å². The van der Waals surface area contributed by atoms with Crippen LogP contribution in [0.5, 0.6) is 0 Å². The molecule has 100 heavy (non-hydrogen) atoms. The van der Waals surface area contributed by atoms with Crippen molar-refractivity contribution in [3.05, 3.63) is 326 Å². The Morgan fingerprint density at radius 3 is 1.02 bits per heavy atom. The third kappa shape index (κ3) is 24.0. The molecular formula is C74H54B4N11P11. The Kier molecular flexibility index (Phi) is 30.7. The second-order valence-electron chi connectivity index (χ2n) is 20.2. The van der Waals surface area contributed by atoms with Crippen molar-refractivity contribution < 1.29 is 0 Å². The second kappa shape index (κ2) is 42.1. The van der Waals surface area contributed by atoms with Crippen molar-refractivity contribution in [1.29, 1.82) is 0 Å². The van der Waals surface area contributed by atoms with Crippen molar-refractivity contribution in [3.63, 3.8) is 0 Å². The summed E-state index contributed by atoms with van der Waals surface area (Å²) in [6, 6.07) is 59.6. The van der Waals surface area contributed by atoms with Gasteiger partial charge in [-0.25, -0.2) is 29.9 Å². The minimum Gasteiger partial charge on any atom is -0.255 e. The topological polar surface area (TPSA) is 142 Å². The second-order valence-corrected chi connectivity index (χ2v) is 32.5. The van der Waals surface area contributed by atoms with Crippen LogP contribution >= 0.6 is 90.1 Å². The number of rotatable bonds is 0. The quantitative estimate of drug-likeness (QED) is 0.143. The number of aromatic nitrogens is 11. The van der Waals surface area contributed by atoms with Crippen molar-refractivity contribution in [2.75, 3.05) is 0 Å². The monoisotopic (exact) mass is 1480 g/mol. The molecule has 0 aliphatic carbocycles. The van der Waals surface area contributed by atoms with Gasteiger partial charge in [0.05, 0.1) is 22.1 Å². The molecule has 20 rings (SSSR count). The van der Waals surface area contributed by atoms with E-state index in [0.717, 1.165) is 27.6 Å². The van der Waals surface area contributed by atoms with Crippen molar-refractivity contribution >= 4 is 223 Å². The number of para-hydroxylation sites is 2. The van der Waals surface area contributed by atoms with Crippen molar-refractivity contribution in [3.8, 4) is 0 Å². The maximum Gasteiger partial charge on any atom is 0.197 e. The van der Waals surface area contributed by atoms with Crippen molar-refractivity contribution in [2.24, 2.45) is 0 Å². The van der Waals surface area contributed by atoms with Gasteiger partial charge in [0.15, 0.2) is 16.9 Å². The molecule has 20 aromatic rings. The molecule has 26 heteroatoms. The predicted molar refractivity (Wildman–Crippen MR) is 448 cm³/mol. The van der Waals surface area contributed by atoms with Crippen LogP contribution in [-0.2, 0) is 0 Å². The zero-order valence-corrected chi connectivity index (χ0v) is 63.2. The first kappa shape index (κ1) is 73.0. The average Bonchev–Trinajstić information content (AvgIpc) is 3.81. The van der Waals surface area contributed by atoms with Gasteiger partial charge in [0.2, 0.25) is 0 Å². The molecule has 472 valence electrons. The molecule has 16 aromatic heterocycles. The third-order valence-electron chi connectivity index (χ3n) is 13.5. The number of nitrogens with zero attached hydrogens (tertiary/aromatic N) is 11. The Bertz CT molecular complexity index is 4010. The number of hydrogen-bond acceptors (Lipinski definition) is 11. The van der Waals surface area contributed by atoms with Crippen molar-refractivity contribution in [2.45, 2.75) is 0 Å². The van der Waals surface area contributed by atoms with Gasteiger partial charge in [0.25, 0.3) is 0 Å². The first-order chi connectivity index (χ1) is 49.7. The molecule has 0 fully saturated rings. The minimum absolute atomic E-state index is 0.588. The van der Waals surface area contributed by atoms with E-state index in [1.165, 1.54) is 137 Å². The van der Waals surface area contributed by atoms with Crippen LogP contribution in [0.1, 0.15) is 0 Å². The molecule has 0 saturated heterocycles. The summed E-state index contributed by atoms with van der Waals surface area (Å²) in [7, 11) is 15.2. The van der Waals surface area contributed by atoms with Crippen LogP contribution in [0.4, 0.5) is 0 Å². The molecule has 0 atom stereocenters. The SMILES string of the molecule is b1bc2ccccc2cc1.b1bcc2ccccc2c1.c1ccc2nccnc2c1.c1ccc2pccpc2c1.c1cnc2cccnc2c1.c1cnc2nccnc2c1.c1cnc2nccnc2n1.c1cpc2cccpc2c1.c1cpc2pccpc2c1.c1cpc2pccpc2p1. The fraction of sp³-hybridized carbons (Fsp3) is 0. The predicted octanol–water partition coefficient (Wildman–Crippen LogP) is 25.5. The molecule has 0 aliphatic heterocycles. The first-order valence-electron chi connectivity index (χ1n) is 31.0. The van der Waals surface area contributed by atoms with Gasteiger partial charge in [-0.15, -0.1) is 0 Å². The summed E-state index contributed by atoms with van der Waals surface area (Å²) < 4.78 is 0. The van der Waals surface area contributed by atoms with E-state index in [9.17, 15) is 0 Å². The van der Waals surface area contributed by atoms with E-state index in [1.807, 2.05) is 60.7 Å². The summed E-state index contributed by atoms with van der Waals surface area (Å²) in [5.41, 5.74) is 6.51. The first-order valence-corrected chi connectivity index (χ1v) is 41.6. The summed E-state index contributed by atoms with van der Waals surface area (Å²) in [5, 5.41) is 12.5. The smallest absolute Gasteiger partial charge is 0.197 e. The fourth-order valence-corrected chi connectivity index (χ4v) is 20.7. The Morgan fingerprint density at radius 1 is 0.210 bits per heavy atom. The third-order valence-corrected chi connectivity index (χ3v) is 27.5. The molecule has 0 saturated carbocycles. The van der Waals surface area contributed by atoms with Gasteiger partial charge in [0.1, 0.15) is 5.52 Å². The molecule has 0 spiro atoms. The van der Waals surface area contributed by atoms with E-state index in [1.54, 1.807) is 82.7 Å². The summed E-state index contributed by atoms with van der Waals surface area (Å²) in [4.78, 5) is 49.1. The van der Waals surface area contributed by atoms with Crippen LogP contribution in [0.15, 0.2) is 326 Å². The van der Waals surface area contributed by atoms with Gasteiger partial charge in [0, 0.05) is 108 Å². The zero-order valence-electron chi connectivity index (χ0n) is 53.3. The molecule has 0 N–H and O–H groups in total. The van der Waals surface area contributed by atoms with E-state index < -0.39 is 0 Å². The van der Waals surface area contributed by atoms with Crippen LogP contribution < -0.4 is 0 Å². The molecule has 16 heterocycles. The van der Waals surface area contributed by atoms with E-state index in [2.05, 4.69) is 279 Å². The Balaban J connectivity index is 0.000000112. The zero-order chi connectivity index (χ0) is 68.1. The summed E-state index contributed by atoms with van der Waals surface area (Å²) in [5.74, 6) is 30.6. The van der Waals surface area contributed by atoms with E-state index in [0.29, 0.717) is 16.9 Å². The van der Waals surface area contributed by atoms with E-state index in [4.69, 9.17) is 0 Å². The molecule has 0 bridgehead atoms. The van der Waals surface area contributed by atoms with Crippen LogP contribution in [0.3, 0.4) is 0 Å². The summed E-state index contributed by atoms with van der Waals surface area (Å²) in [6.07, 6.45) is 18.3. The maximum atomic E-state index is 4.12. The Labute approximate surface area is 599 Å². The van der Waals surface area contributed by atoms with E-state index >= 15 is 0 Å². The van der Waals surface area contributed by atoms with E-state index in [-0.39, 0.29) is 0 Å². The van der Waals surface area contributed by atoms with Crippen LogP contribution in [0.2, 0.25) is 0 Å². The minimum atomic E-state index is 0.588. The molecule has 0 amide bonds. The van der Waals surface area contributed by atoms with Gasteiger partial charge in [-0.05, 0) is 143 Å². The summed E-state index contributed by atoms with van der Waals surface area (Å²) in [6.45, 7) is 8.29. The molecule has 4 aromatic carbocycles. The normalized spacial score (nSPS) is 10.7. The number of benzene rings is 4. The molecule has 11 nitrogen and oxygen atoms in total.